The first-order valence-corrected chi connectivity index (χ1v) is 10.5. The molecule has 0 radical (unpaired) electrons. The Hall–Kier alpha value is -2.24. The molecule has 2 unspecified atom stereocenters. The molecule has 2 saturated heterocycles. The predicted octanol–water partition coefficient (Wildman–Crippen LogP) is 3.60. The van der Waals surface area contributed by atoms with Crippen LogP contribution in [0.2, 0.25) is 0 Å². The lowest BCUT2D eigenvalue weighted by molar-refractivity contribution is -0.141. The van der Waals surface area contributed by atoms with E-state index in [1.165, 1.54) is 5.56 Å². The lowest BCUT2D eigenvalue weighted by atomic mass is 9.83. The summed E-state index contributed by atoms with van der Waals surface area (Å²) in [5, 5.41) is 0. The van der Waals surface area contributed by atoms with Crippen molar-refractivity contribution < 1.29 is 13.9 Å². The Balaban J connectivity index is 1.55. The average molecular weight is 397 g/mol. The van der Waals surface area contributed by atoms with Crippen molar-refractivity contribution in [2.45, 2.75) is 25.8 Å². The molecule has 2 aromatic carbocycles. The van der Waals surface area contributed by atoms with Gasteiger partial charge in [0.25, 0.3) is 0 Å². The van der Waals surface area contributed by atoms with Crippen molar-refractivity contribution in [1.82, 2.24) is 9.80 Å². The number of morpholine rings is 1. The minimum absolute atomic E-state index is 0.0408. The van der Waals surface area contributed by atoms with Crippen LogP contribution in [-0.2, 0) is 16.1 Å². The van der Waals surface area contributed by atoms with E-state index in [-0.39, 0.29) is 23.6 Å². The number of carbonyl (C=O) groups is 1. The van der Waals surface area contributed by atoms with Crippen molar-refractivity contribution in [3.8, 4) is 0 Å². The van der Waals surface area contributed by atoms with Crippen LogP contribution in [0, 0.1) is 18.7 Å². The van der Waals surface area contributed by atoms with Gasteiger partial charge in [-0.05, 0) is 42.0 Å². The highest BCUT2D eigenvalue weighted by molar-refractivity contribution is 5.79. The molecule has 0 bridgehead atoms. The Morgan fingerprint density at radius 3 is 2.59 bits per heavy atom. The molecule has 0 saturated carbocycles. The third kappa shape index (κ3) is 4.85. The first-order chi connectivity index (χ1) is 14.1. The number of hydrogen-bond acceptors (Lipinski definition) is 3. The van der Waals surface area contributed by atoms with E-state index in [0.717, 1.165) is 31.6 Å². The number of nitrogens with zero attached hydrogens (tertiary/aromatic N) is 2. The molecular formula is C24H29FN2O2. The zero-order chi connectivity index (χ0) is 20.2. The number of ether oxygens (including phenoxy) is 1. The molecule has 0 N–H and O–H groups in total. The highest BCUT2D eigenvalue weighted by Crippen LogP contribution is 2.33. The lowest BCUT2D eigenvalue weighted by Gasteiger charge is -2.40. The van der Waals surface area contributed by atoms with Crippen molar-refractivity contribution in [2.75, 3.05) is 39.4 Å². The number of rotatable bonds is 4. The number of halogens is 1. The van der Waals surface area contributed by atoms with Gasteiger partial charge in [-0.3, -0.25) is 9.69 Å². The van der Waals surface area contributed by atoms with Crippen LogP contribution >= 0.6 is 0 Å². The molecule has 154 valence electrons. The molecule has 5 heteroatoms. The molecule has 0 aromatic heterocycles. The molecule has 2 aliphatic rings. The number of benzene rings is 2. The van der Waals surface area contributed by atoms with Crippen molar-refractivity contribution in [1.29, 1.82) is 0 Å². The predicted molar refractivity (Wildman–Crippen MR) is 111 cm³/mol. The molecule has 0 spiro atoms. The van der Waals surface area contributed by atoms with Gasteiger partial charge in [0.2, 0.25) is 5.91 Å². The molecule has 0 aliphatic carbocycles. The Kier molecular flexibility index (Phi) is 6.26. The van der Waals surface area contributed by atoms with E-state index in [4.69, 9.17) is 4.74 Å². The number of carbonyl (C=O) groups excluding carboxylic acids is 1. The van der Waals surface area contributed by atoms with Crippen LogP contribution in [0.4, 0.5) is 4.39 Å². The third-order valence-electron chi connectivity index (χ3n) is 6.10. The first-order valence-electron chi connectivity index (χ1n) is 10.5. The number of hydrogen-bond donors (Lipinski definition) is 0. The Labute approximate surface area is 172 Å². The Bertz CT molecular complexity index is 836. The topological polar surface area (TPSA) is 32.8 Å². The monoisotopic (exact) mass is 396 g/mol. The fourth-order valence-corrected chi connectivity index (χ4v) is 4.55. The van der Waals surface area contributed by atoms with Crippen molar-refractivity contribution in [2.24, 2.45) is 5.92 Å². The SMILES string of the molecule is Cc1cc(C2CC(C(=O)N3CCOCC3)CN(Cc3ccccc3)C2)ccc1F. The smallest absolute Gasteiger partial charge is 0.227 e. The molecule has 4 rings (SSSR count). The summed E-state index contributed by atoms with van der Waals surface area (Å²) in [6, 6.07) is 15.8. The van der Waals surface area contributed by atoms with Crippen LogP contribution in [0.25, 0.3) is 0 Å². The van der Waals surface area contributed by atoms with Gasteiger partial charge < -0.3 is 9.64 Å². The lowest BCUT2D eigenvalue weighted by Crippen LogP contribution is -2.49. The minimum Gasteiger partial charge on any atom is -0.378 e. The summed E-state index contributed by atoms with van der Waals surface area (Å²) in [5.74, 6) is 0.240. The molecule has 29 heavy (non-hydrogen) atoms. The van der Waals surface area contributed by atoms with Crippen molar-refractivity contribution in [3.63, 3.8) is 0 Å². The maximum absolute atomic E-state index is 13.8. The molecule has 2 aliphatic heterocycles. The van der Waals surface area contributed by atoms with E-state index < -0.39 is 0 Å². The van der Waals surface area contributed by atoms with Gasteiger partial charge in [-0.2, -0.15) is 0 Å². The van der Waals surface area contributed by atoms with E-state index in [1.807, 2.05) is 23.1 Å². The van der Waals surface area contributed by atoms with Crippen LogP contribution in [0.5, 0.6) is 0 Å². The third-order valence-corrected chi connectivity index (χ3v) is 6.10. The summed E-state index contributed by atoms with van der Waals surface area (Å²) in [5.41, 5.74) is 3.04. The Morgan fingerprint density at radius 1 is 1.10 bits per heavy atom. The van der Waals surface area contributed by atoms with Gasteiger partial charge in [-0.1, -0.05) is 42.5 Å². The van der Waals surface area contributed by atoms with Gasteiger partial charge in [0.15, 0.2) is 0 Å². The summed E-state index contributed by atoms with van der Waals surface area (Å²) in [4.78, 5) is 17.6. The molecular weight excluding hydrogens is 367 g/mol. The van der Waals surface area contributed by atoms with Crippen LogP contribution in [0.1, 0.15) is 29.0 Å². The number of amides is 1. The summed E-state index contributed by atoms with van der Waals surface area (Å²) in [6.45, 7) is 6.86. The summed E-state index contributed by atoms with van der Waals surface area (Å²) in [7, 11) is 0. The molecule has 2 aromatic rings. The zero-order valence-corrected chi connectivity index (χ0v) is 17.0. The molecule has 1 amide bonds. The highest BCUT2D eigenvalue weighted by atomic mass is 19.1. The highest BCUT2D eigenvalue weighted by Gasteiger charge is 2.35. The largest absolute Gasteiger partial charge is 0.378 e. The van der Waals surface area contributed by atoms with Gasteiger partial charge >= 0.3 is 0 Å². The first kappa shape index (κ1) is 20.0. The van der Waals surface area contributed by atoms with Crippen LogP contribution in [0.3, 0.4) is 0 Å². The van der Waals surface area contributed by atoms with Crippen LogP contribution in [0.15, 0.2) is 48.5 Å². The standard InChI is InChI=1S/C24H29FN2O2/c1-18-13-20(7-8-23(18)25)21-14-22(24(28)27-9-11-29-12-10-27)17-26(16-21)15-19-5-3-2-4-6-19/h2-8,13,21-22H,9-12,14-17H2,1H3. The van der Waals surface area contributed by atoms with E-state index >= 15 is 0 Å². The van der Waals surface area contributed by atoms with Gasteiger partial charge in [-0.15, -0.1) is 0 Å². The second-order valence-corrected chi connectivity index (χ2v) is 8.26. The molecule has 2 fully saturated rings. The van der Waals surface area contributed by atoms with Gasteiger partial charge in [0, 0.05) is 32.7 Å². The van der Waals surface area contributed by atoms with E-state index in [1.54, 1.807) is 13.0 Å². The molecule has 2 atom stereocenters. The van der Waals surface area contributed by atoms with Crippen molar-refractivity contribution in [3.05, 3.63) is 71.0 Å². The van der Waals surface area contributed by atoms with Crippen LogP contribution in [-0.4, -0.2) is 55.1 Å². The maximum Gasteiger partial charge on any atom is 0.227 e. The fourth-order valence-electron chi connectivity index (χ4n) is 4.55. The van der Waals surface area contributed by atoms with E-state index in [9.17, 15) is 9.18 Å². The van der Waals surface area contributed by atoms with E-state index in [2.05, 4.69) is 29.2 Å². The van der Waals surface area contributed by atoms with Gasteiger partial charge in [0.1, 0.15) is 5.82 Å². The minimum atomic E-state index is -0.174. The molecule has 4 nitrogen and oxygen atoms in total. The summed E-state index contributed by atoms with van der Waals surface area (Å²) < 4.78 is 19.2. The summed E-state index contributed by atoms with van der Waals surface area (Å²) in [6.07, 6.45) is 0.812. The fraction of sp³-hybridized carbons (Fsp3) is 0.458. The molecule has 2 heterocycles. The maximum atomic E-state index is 13.8. The zero-order valence-electron chi connectivity index (χ0n) is 17.0. The van der Waals surface area contributed by atoms with Crippen LogP contribution < -0.4 is 0 Å². The van der Waals surface area contributed by atoms with Gasteiger partial charge in [0.05, 0.1) is 19.1 Å². The summed E-state index contributed by atoms with van der Waals surface area (Å²) >= 11 is 0. The number of aryl methyl sites for hydroxylation is 1. The average Bonchev–Trinajstić information content (AvgIpc) is 2.76. The quantitative estimate of drug-likeness (QED) is 0.792. The Morgan fingerprint density at radius 2 is 1.86 bits per heavy atom. The van der Waals surface area contributed by atoms with Gasteiger partial charge in [-0.25, -0.2) is 4.39 Å². The second kappa shape index (κ2) is 9.06. The second-order valence-electron chi connectivity index (χ2n) is 8.26. The van der Waals surface area contributed by atoms with E-state index in [0.29, 0.717) is 31.9 Å². The number of piperidine rings is 1. The van der Waals surface area contributed by atoms with Crippen molar-refractivity contribution >= 4 is 5.91 Å². The normalized spacial score (nSPS) is 23.2. The number of likely N-dealkylation sites (tertiary alicyclic amines) is 1.